The fourth-order valence-electron chi connectivity index (χ4n) is 1.75. The molecule has 2 heterocycles. The van der Waals surface area contributed by atoms with Gasteiger partial charge in [-0.1, -0.05) is 11.6 Å². The second-order valence-electron chi connectivity index (χ2n) is 3.60. The van der Waals surface area contributed by atoms with E-state index in [0.29, 0.717) is 5.15 Å². The van der Waals surface area contributed by atoms with Crippen LogP contribution < -0.4 is 10.4 Å². The van der Waals surface area contributed by atoms with Gasteiger partial charge in [-0.05, 0) is 32.4 Å². The molecule has 1 atom stereocenters. The normalized spacial score (nSPS) is 20.0. The Labute approximate surface area is 89.1 Å². The minimum atomic E-state index is 0.253. The van der Waals surface area contributed by atoms with Crippen molar-refractivity contribution in [1.82, 2.24) is 10.4 Å². The maximum absolute atomic E-state index is 5.99. The Morgan fingerprint density at radius 2 is 2.36 bits per heavy atom. The van der Waals surface area contributed by atoms with Crippen LogP contribution in [0.15, 0.2) is 6.07 Å². The Bertz CT molecular complexity index is 365. The molecular formula is C10H14ClN3. The minimum Gasteiger partial charge on any atom is -0.306 e. The summed E-state index contributed by atoms with van der Waals surface area (Å²) in [4.78, 5) is 4.39. The summed E-state index contributed by atoms with van der Waals surface area (Å²) < 4.78 is 0. The number of hydrogen-bond donors (Lipinski definition) is 1. The van der Waals surface area contributed by atoms with Crippen LogP contribution >= 0.6 is 11.6 Å². The minimum absolute atomic E-state index is 0.253. The average molecular weight is 212 g/mol. The van der Waals surface area contributed by atoms with E-state index in [1.54, 1.807) is 0 Å². The van der Waals surface area contributed by atoms with Crippen molar-refractivity contribution >= 4 is 17.3 Å². The molecular weight excluding hydrogens is 198 g/mol. The molecule has 0 amide bonds. The van der Waals surface area contributed by atoms with E-state index in [-0.39, 0.29) is 6.04 Å². The van der Waals surface area contributed by atoms with Crippen molar-refractivity contribution in [2.45, 2.75) is 26.8 Å². The van der Waals surface area contributed by atoms with Crippen LogP contribution in [0, 0.1) is 6.92 Å². The third-order valence-corrected chi connectivity index (χ3v) is 2.91. The van der Waals surface area contributed by atoms with E-state index >= 15 is 0 Å². The largest absolute Gasteiger partial charge is 0.306 e. The zero-order chi connectivity index (χ0) is 10.3. The molecule has 0 aromatic carbocycles. The smallest absolute Gasteiger partial charge is 0.132 e. The van der Waals surface area contributed by atoms with Crippen LogP contribution in [-0.2, 0) is 0 Å². The second-order valence-corrected chi connectivity index (χ2v) is 3.95. The molecule has 76 valence electrons. The van der Waals surface area contributed by atoms with E-state index in [9.17, 15) is 0 Å². The molecule has 2 rings (SSSR count). The Kier molecular flexibility index (Phi) is 2.37. The third-order valence-electron chi connectivity index (χ3n) is 2.53. The standard InChI is InChI=1S/C10H14ClN3/c1-4-14-8-5-6(2)10(11)12-9(8)7(3)13-14/h5,7,13H,4H2,1-3H3. The van der Waals surface area contributed by atoms with E-state index in [0.717, 1.165) is 23.5 Å². The lowest BCUT2D eigenvalue weighted by Crippen LogP contribution is -2.33. The number of hydrazine groups is 1. The number of hydrogen-bond acceptors (Lipinski definition) is 3. The molecule has 0 saturated carbocycles. The van der Waals surface area contributed by atoms with Crippen LogP contribution in [0.4, 0.5) is 5.69 Å². The summed E-state index contributed by atoms with van der Waals surface area (Å²) >= 11 is 5.99. The van der Waals surface area contributed by atoms with Gasteiger partial charge in [-0.2, -0.15) is 0 Å². The SMILES string of the molecule is CCN1NC(C)c2nc(Cl)c(C)cc21. The van der Waals surface area contributed by atoms with Crippen molar-refractivity contribution in [2.75, 3.05) is 11.6 Å². The molecule has 1 aliphatic heterocycles. The average Bonchev–Trinajstić information content (AvgIpc) is 2.45. The number of anilines is 1. The number of pyridine rings is 1. The van der Waals surface area contributed by atoms with Crippen LogP contribution in [-0.4, -0.2) is 11.5 Å². The Hall–Kier alpha value is -0.800. The van der Waals surface area contributed by atoms with E-state index < -0.39 is 0 Å². The molecule has 4 heteroatoms. The van der Waals surface area contributed by atoms with Crippen LogP contribution in [0.1, 0.15) is 31.1 Å². The van der Waals surface area contributed by atoms with E-state index in [1.165, 1.54) is 0 Å². The van der Waals surface area contributed by atoms with Crippen molar-refractivity contribution in [3.05, 3.63) is 22.5 Å². The first-order valence-corrected chi connectivity index (χ1v) is 5.22. The highest BCUT2D eigenvalue weighted by atomic mass is 35.5. The molecule has 1 unspecified atom stereocenters. The molecule has 0 fully saturated rings. The van der Waals surface area contributed by atoms with E-state index in [4.69, 9.17) is 11.6 Å². The number of aromatic nitrogens is 1. The lowest BCUT2D eigenvalue weighted by atomic mass is 10.2. The topological polar surface area (TPSA) is 28.2 Å². The van der Waals surface area contributed by atoms with Crippen LogP contribution in [0.25, 0.3) is 0 Å². The summed E-state index contributed by atoms with van der Waals surface area (Å²) in [7, 11) is 0. The summed E-state index contributed by atoms with van der Waals surface area (Å²) in [6.07, 6.45) is 0. The Morgan fingerprint density at radius 1 is 1.64 bits per heavy atom. The molecule has 1 N–H and O–H groups in total. The van der Waals surface area contributed by atoms with Gasteiger partial charge in [-0.15, -0.1) is 0 Å². The Balaban J connectivity index is 2.52. The highest BCUT2D eigenvalue weighted by Crippen LogP contribution is 2.33. The molecule has 1 aromatic rings. The first-order valence-electron chi connectivity index (χ1n) is 4.84. The van der Waals surface area contributed by atoms with Gasteiger partial charge in [0.1, 0.15) is 5.15 Å². The molecule has 1 aliphatic rings. The molecule has 0 spiro atoms. The van der Waals surface area contributed by atoms with Gasteiger partial charge >= 0.3 is 0 Å². The number of fused-ring (bicyclic) bond motifs is 1. The summed E-state index contributed by atoms with van der Waals surface area (Å²) in [5.74, 6) is 0. The van der Waals surface area contributed by atoms with E-state index in [2.05, 4.69) is 35.3 Å². The number of nitrogens with one attached hydrogen (secondary N) is 1. The number of nitrogens with zero attached hydrogens (tertiary/aromatic N) is 2. The molecule has 0 bridgehead atoms. The van der Waals surface area contributed by atoms with Crippen molar-refractivity contribution in [1.29, 1.82) is 0 Å². The van der Waals surface area contributed by atoms with Crippen LogP contribution in [0.5, 0.6) is 0 Å². The van der Waals surface area contributed by atoms with Gasteiger partial charge in [0, 0.05) is 6.54 Å². The van der Waals surface area contributed by atoms with Crippen molar-refractivity contribution in [3.63, 3.8) is 0 Å². The maximum Gasteiger partial charge on any atom is 0.132 e. The van der Waals surface area contributed by atoms with Gasteiger partial charge in [0.25, 0.3) is 0 Å². The van der Waals surface area contributed by atoms with Crippen LogP contribution in [0.3, 0.4) is 0 Å². The lowest BCUT2D eigenvalue weighted by molar-refractivity contribution is 0.584. The number of rotatable bonds is 1. The number of aryl methyl sites for hydroxylation is 1. The quantitative estimate of drug-likeness (QED) is 0.724. The molecule has 14 heavy (non-hydrogen) atoms. The van der Waals surface area contributed by atoms with Gasteiger partial charge in [0.15, 0.2) is 0 Å². The van der Waals surface area contributed by atoms with Gasteiger partial charge in [-0.25, -0.2) is 10.4 Å². The summed E-state index contributed by atoms with van der Waals surface area (Å²) in [6.45, 7) is 7.11. The van der Waals surface area contributed by atoms with Crippen LogP contribution in [0.2, 0.25) is 5.15 Å². The fourth-order valence-corrected chi connectivity index (χ4v) is 1.90. The predicted molar refractivity (Wildman–Crippen MR) is 58.6 cm³/mol. The van der Waals surface area contributed by atoms with E-state index in [1.807, 2.05) is 6.92 Å². The molecule has 3 nitrogen and oxygen atoms in total. The molecule has 0 radical (unpaired) electrons. The summed E-state index contributed by atoms with van der Waals surface area (Å²) in [6, 6.07) is 2.34. The van der Waals surface area contributed by atoms with Gasteiger partial charge < -0.3 is 5.01 Å². The third kappa shape index (κ3) is 1.37. The van der Waals surface area contributed by atoms with Gasteiger partial charge in [0.05, 0.1) is 17.4 Å². The zero-order valence-electron chi connectivity index (χ0n) is 8.63. The molecule has 0 aliphatic carbocycles. The second kappa shape index (κ2) is 3.41. The highest BCUT2D eigenvalue weighted by molar-refractivity contribution is 6.30. The van der Waals surface area contributed by atoms with Crippen molar-refractivity contribution in [2.24, 2.45) is 0 Å². The van der Waals surface area contributed by atoms with Gasteiger partial charge in [0.2, 0.25) is 0 Å². The predicted octanol–water partition coefficient (Wildman–Crippen LogP) is 2.45. The monoisotopic (exact) mass is 211 g/mol. The van der Waals surface area contributed by atoms with Crippen molar-refractivity contribution < 1.29 is 0 Å². The molecule has 1 aromatic heterocycles. The first-order chi connectivity index (χ1) is 6.63. The van der Waals surface area contributed by atoms with Crippen molar-refractivity contribution in [3.8, 4) is 0 Å². The number of halogens is 1. The van der Waals surface area contributed by atoms with Gasteiger partial charge in [-0.3, -0.25) is 0 Å². The fraction of sp³-hybridized carbons (Fsp3) is 0.500. The zero-order valence-corrected chi connectivity index (χ0v) is 9.39. The molecule has 0 saturated heterocycles. The highest BCUT2D eigenvalue weighted by Gasteiger charge is 2.26. The maximum atomic E-state index is 5.99. The Morgan fingerprint density at radius 3 is 3.00 bits per heavy atom. The first kappa shape index (κ1) is 9.74. The summed E-state index contributed by atoms with van der Waals surface area (Å²) in [5.41, 5.74) is 6.56. The summed E-state index contributed by atoms with van der Waals surface area (Å²) in [5, 5.41) is 2.71. The lowest BCUT2D eigenvalue weighted by Gasteiger charge is -2.17.